The van der Waals surface area contributed by atoms with Crippen LogP contribution in [0.15, 0.2) is 65.4 Å². The smallest absolute Gasteiger partial charge is 0.438 e. The van der Waals surface area contributed by atoms with Crippen LogP contribution in [0.25, 0.3) is 5.53 Å². The summed E-state index contributed by atoms with van der Waals surface area (Å²) < 4.78 is 70.8. The highest BCUT2D eigenvalue weighted by Gasteiger charge is 2.56. The molecule has 2 aromatic rings. The minimum atomic E-state index is -4.66. The van der Waals surface area contributed by atoms with Crippen LogP contribution in [0.1, 0.15) is 32.3 Å². The van der Waals surface area contributed by atoms with E-state index in [-0.39, 0.29) is 4.90 Å². The summed E-state index contributed by atoms with van der Waals surface area (Å²) in [5.74, 6) is -2.62. The van der Waals surface area contributed by atoms with Gasteiger partial charge in [-0.05, 0) is 31.5 Å². The highest BCUT2D eigenvalue weighted by molar-refractivity contribution is 8.08. The van der Waals surface area contributed by atoms with Gasteiger partial charge in [0, 0.05) is 0 Å². The third-order valence-electron chi connectivity index (χ3n) is 4.01. The zero-order valence-electron chi connectivity index (χ0n) is 19.8. The Balaban J connectivity index is 2.23. The quantitative estimate of drug-likeness (QED) is 0.249. The van der Waals surface area contributed by atoms with Crippen LogP contribution < -0.4 is 0 Å². The lowest BCUT2D eigenvalue weighted by molar-refractivity contribution is -0.152. The van der Waals surface area contributed by atoms with Gasteiger partial charge in [-0.25, -0.2) is 13.2 Å². The van der Waals surface area contributed by atoms with Crippen LogP contribution in [0.4, 0.5) is 0 Å². The first kappa shape index (κ1) is 13.8. The molecule has 0 radical (unpaired) electrons. The van der Waals surface area contributed by atoms with E-state index in [0.717, 1.165) is 12.1 Å². The Kier molecular flexibility index (Phi) is 3.47. The summed E-state index contributed by atoms with van der Waals surface area (Å²) in [6, 6.07) is 0.940. The van der Waals surface area contributed by atoms with Crippen LogP contribution >= 0.6 is 0 Å². The molecule has 9 heteroatoms. The number of cyclic esters (lactones) is 1. The van der Waals surface area contributed by atoms with E-state index in [2.05, 4.69) is 4.79 Å². The van der Waals surface area contributed by atoms with Gasteiger partial charge in [0.25, 0.3) is 9.84 Å². The van der Waals surface area contributed by atoms with Crippen molar-refractivity contribution in [1.29, 1.82) is 0 Å². The average Bonchev–Trinajstić information content (AvgIpc) is 3.00. The molecule has 1 aliphatic rings. The van der Waals surface area contributed by atoms with E-state index in [1.54, 1.807) is 0 Å². The standard InChI is InChI=1S/C19H17N3O5S/c1-19(2)22(15(18(24)27-19)13-9-5-3-6-10-13)17(23)16(21-20)28(25,26)14-11-7-4-8-12-14/h3-12,15H,1-2H3/i3D,5D,6D,9D,10D. The second kappa shape index (κ2) is 7.03. The van der Waals surface area contributed by atoms with Crippen molar-refractivity contribution >= 4 is 26.8 Å². The number of carbonyl (C=O) groups is 2. The fraction of sp³-hybridized carbons (Fsp3) is 0.211. The lowest BCUT2D eigenvalue weighted by Gasteiger charge is -2.30. The maximum absolute atomic E-state index is 13.4. The second-order valence-corrected chi connectivity index (χ2v) is 8.07. The van der Waals surface area contributed by atoms with Crippen molar-refractivity contribution in [3.8, 4) is 0 Å². The van der Waals surface area contributed by atoms with E-state index in [1.165, 1.54) is 32.0 Å². The molecule has 3 rings (SSSR count). The number of amides is 1. The van der Waals surface area contributed by atoms with Crippen LogP contribution in [0.5, 0.6) is 0 Å². The Labute approximate surface area is 168 Å². The summed E-state index contributed by atoms with van der Waals surface area (Å²) in [5.41, 5.74) is 7.06. The number of rotatable bonds is 2. The molecular formula is C19H17N3O5S. The van der Waals surface area contributed by atoms with Gasteiger partial charge in [0.05, 0.1) is 11.7 Å². The zero-order chi connectivity index (χ0) is 24.9. The molecule has 1 amide bonds. The lowest BCUT2D eigenvalue weighted by Crippen LogP contribution is -2.49. The number of sulfone groups is 1. The maximum Gasteiger partial charge on any atom is 0.473 e. The Bertz CT molecular complexity index is 1310. The Hall–Kier alpha value is -3.29. The lowest BCUT2D eigenvalue weighted by atomic mass is 10.0. The fourth-order valence-electron chi connectivity index (χ4n) is 2.80. The van der Waals surface area contributed by atoms with E-state index in [1.807, 2.05) is 0 Å². The number of esters is 1. The number of hydrogen-bond donors (Lipinski definition) is 0. The van der Waals surface area contributed by atoms with E-state index in [9.17, 15) is 23.5 Å². The van der Waals surface area contributed by atoms with Crippen molar-refractivity contribution in [3.63, 3.8) is 0 Å². The molecule has 0 spiro atoms. The van der Waals surface area contributed by atoms with E-state index >= 15 is 0 Å². The van der Waals surface area contributed by atoms with Crippen molar-refractivity contribution < 1.29 is 34.4 Å². The molecule has 1 fully saturated rings. The van der Waals surface area contributed by atoms with Gasteiger partial charge in [-0.2, -0.15) is 0 Å². The molecule has 144 valence electrons. The summed E-state index contributed by atoms with van der Waals surface area (Å²) in [6.45, 7) is 2.48. The normalized spacial score (nSPS) is 20.8. The monoisotopic (exact) mass is 404 g/mol. The number of ether oxygens (including phenoxy) is 1. The molecule has 1 atom stereocenters. The third-order valence-corrected chi connectivity index (χ3v) is 5.66. The van der Waals surface area contributed by atoms with Crippen molar-refractivity contribution in [2.75, 3.05) is 0 Å². The molecule has 0 aliphatic carbocycles. The van der Waals surface area contributed by atoms with Crippen LogP contribution in [-0.2, 0) is 24.2 Å². The molecule has 28 heavy (non-hydrogen) atoms. The van der Waals surface area contributed by atoms with Crippen LogP contribution in [0.3, 0.4) is 0 Å². The van der Waals surface area contributed by atoms with Crippen molar-refractivity contribution in [2.24, 2.45) is 0 Å². The predicted molar refractivity (Wildman–Crippen MR) is 98.5 cm³/mol. The molecular weight excluding hydrogens is 382 g/mol. The van der Waals surface area contributed by atoms with E-state index < -0.39 is 74.3 Å². The highest BCUT2D eigenvalue weighted by atomic mass is 32.2. The molecule has 1 aliphatic heterocycles. The third kappa shape index (κ3) is 3.21. The summed E-state index contributed by atoms with van der Waals surface area (Å²) in [7, 11) is -4.66. The minimum absolute atomic E-state index is 0.366. The van der Waals surface area contributed by atoms with E-state index in [4.69, 9.17) is 11.6 Å². The summed E-state index contributed by atoms with van der Waals surface area (Å²) in [4.78, 5) is 29.0. The molecule has 0 aromatic heterocycles. The van der Waals surface area contributed by atoms with Crippen LogP contribution in [0.2, 0.25) is 0 Å². The number of benzene rings is 2. The molecule has 1 saturated heterocycles. The molecule has 0 N–H and O–H groups in total. The first-order valence-corrected chi connectivity index (χ1v) is 9.41. The van der Waals surface area contributed by atoms with Crippen molar-refractivity contribution in [1.82, 2.24) is 4.90 Å². The molecule has 1 heterocycles. The number of carbonyl (C=O) groups excluding carboxylic acids is 2. The average molecular weight is 404 g/mol. The largest absolute Gasteiger partial charge is 0.473 e. The van der Waals surface area contributed by atoms with Gasteiger partial charge in [0.15, 0.2) is 11.8 Å². The van der Waals surface area contributed by atoms with Crippen LogP contribution in [0, 0.1) is 0 Å². The number of nitrogens with zero attached hydrogens (tertiary/aromatic N) is 3. The second-order valence-electron chi connectivity index (χ2n) is 6.21. The first-order chi connectivity index (χ1) is 15.3. The molecule has 2 aromatic carbocycles. The maximum atomic E-state index is 13.4. The minimum Gasteiger partial charge on any atom is -0.438 e. The molecule has 1 unspecified atom stereocenters. The number of hydrogen-bond acceptors (Lipinski definition) is 5. The summed E-state index contributed by atoms with van der Waals surface area (Å²) in [5, 5.41) is -1.34. The van der Waals surface area contributed by atoms with Gasteiger partial charge in [-0.3, -0.25) is 9.69 Å². The molecule has 0 saturated carbocycles. The van der Waals surface area contributed by atoms with Gasteiger partial charge in [0.1, 0.15) is 0 Å². The SMILES string of the molecule is [2H]c1c([2H])c([2H])c(C2C(=O)OC(C)(C)N2C(=O)C(=[N+]=[N-])S(=O)(=O)c2ccccc2)c([2H])c1[2H]. The van der Waals surface area contributed by atoms with Gasteiger partial charge in [-0.1, -0.05) is 48.4 Å². The van der Waals surface area contributed by atoms with Gasteiger partial charge < -0.3 is 10.3 Å². The fourth-order valence-corrected chi connectivity index (χ4v) is 3.97. The summed E-state index contributed by atoms with van der Waals surface area (Å²) in [6.07, 6.45) is 0. The van der Waals surface area contributed by atoms with Gasteiger partial charge >= 0.3 is 16.9 Å². The van der Waals surface area contributed by atoms with Crippen molar-refractivity contribution in [3.05, 3.63) is 71.6 Å². The van der Waals surface area contributed by atoms with Gasteiger partial charge in [0.2, 0.25) is 0 Å². The molecule has 0 bridgehead atoms. The van der Waals surface area contributed by atoms with Gasteiger partial charge in [-0.15, -0.1) is 4.79 Å². The zero-order valence-corrected chi connectivity index (χ0v) is 15.6. The highest BCUT2D eigenvalue weighted by Crippen LogP contribution is 2.38. The van der Waals surface area contributed by atoms with Crippen molar-refractivity contribution in [2.45, 2.75) is 30.5 Å². The molecule has 8 nitrogen and oxygen atoms in total. The Morgan fingerprint density at radius 1 is 1.21 bits per heavy atom. The first-order valence-electron chi connectivity index (χ1n) is 10.4. The van der Waals surface area contributed by atoms with E-state index in [0.29, 0.717) is 4.90 Å². The topological polar surface area (TPSA) is 117 Å². The summed E-state index contributed by atoms with van der Waals surface area (Å²) >= 11 is 0. The Morgan fingerprint density at radius 3 is 2.39 bits per heavy atom. The van der Waals surface area contributed by atoms with Crippen LogP contribution in [-0.4, -0.2) is 40.8 Å². The predicted octanol–water partition coefficient (Wildman–Crippen LogP) is 1.95. The Morgan fingerprint density at radius 2 is 1.82 bits per heavy atom.